The first kappa shape index (κ1) is 20.5. The Kier molecular flexibility index (Phi) is 6.99. The van der Waals surface area contributed by atoms with Crippen molar-refractivity contribution in [2.24, 2.45) is 0 Å². The molecule has 148 valence electrons. The molecule has 27 heavy (non-hydrogen) atoms. The molecule has 0 N–H and O–H groups in total. The predicted molar refractivity (Wildman–Crippen MR) is 83.6 cm³/mol. The van der Waals surface area contributed by atoms with Crippen molar-refractivity contribution in [3.8, 4) is 0 Å². The van der Waals surface area contributed by atoms with Crippen molar-refractivity contribution in [3.63, 3.8) is 0 Å². The molecule has 0 aromatic carbocycles. The van der Waals surface area contributed by atoms with Gasteiger partial charge in [0.15, 0.2) is 0 Å². The van der Waals surface area contributed by atoms with E-state index in [0.717, 1.165) is 0 Å². The van der Waals surface area contributed by atoms with E-state index in [-0.39, 0.29) is 51.6 Å². The fraction of sp³-hybridized carbons (Fsp3) is 0.625. The van der Waals surface area contributed by atoms with E-state index in [9.17, 15) is 28.8 Å². The van der Waals surface area contributed by atoms with Crippen LogP contribution in [0.5, 0.6) is 0 Å². The standard InChI is InChI=1S/C16H20N2O9/c1-10(2-7-15(23)26-17-11(19)3-4-12(17)20)25-9-8-16(24)27-18-13(21)5-6-14(18)22/h10H,2-9H2,1H3. The van der Waals surface area contributed by atoms with E-state index in [1.54, 1.807) is 6.92 Å². The number of ether oxygens (including phenoxy) is 1. The van der Waals surface area contributed by atoms with Crippen molar-refractivity contribution in [1.82, 2.24) is 10.1 Å². The van der Waals surface area contributed by atoms with Crippen LogP contribution in [0.2, 0.25) is 0 Å². The van der Waals surface area contributed by atoms with Crippen LogP contribution in [0, 0.1) is 0 Å². The summed E-state index contributed by atoms with van der Waals surface area (Å²) in [6, 6.07) is 0. The minimum absolute atomic E-state index is 0.0182. The van der Waals surface area contributed by atoms with Crippen LogP contribution in [0.25, 0.3) is 0 Å². The van der Waals surface area contributed by atoms with Crippen LogP contribution in [0.1, 0.15) is 51.9 Å². The zero-order valence-electron chi connectivity index (χ0n) is 14.8. The van der Waals surface area contributed by atoms with Gasteiger partial charge in [0.1, 0.15) is 0 Å². The van der Waals surface area contributed by atoms with Crippen LogP contribution >= 0.6 is 0 Å². The molecule has 2 fully saturated rings. The lowest BCUT2D eigenvalue weighted by Crippen LogP contribution is -2.32. The number of amides is 4. The molecule has 0 aliphatic carbocycles. The third-order valence-electron chi connectivity index (χ3n) is 3.86. The van der Waals surface area contributed by atoms with Gasteiger partial charge >= 0.3 is 11.9 Å². The predicted octanol–water partition coefficient (Wildman–Crippen LogP) is -0.224. The lowest BCUT2D eigenvalue weighted by molar-refractivity contribution is -0.198. The van der Waals surface area contributed by atoms with Gasteiger partial charge in [-0.15, -0.1) is 10.1 Å². The van der Waals surface area contributed by atoms with Crippen LogP contribution in [-0.2, 0) is 43.2 Å². The van der Waals surface area contributed by atoms with E-state index in [1.165, 1.54) is 0 Å². The largest absolute Gasteiger partial charge is 0.378 e. The molecular weight excluding hydrogens is 364 g/mol. The molecule has 2 aliphatic rings. The summed E-state index contributed by atoms with van der Waals surface area (Å²) in [5, 5.41) is 0.938. The summed E-state index contributed by atoms with van der Waals surface area (Å²) in [5.41, 5.74) is 0. The van der Waals surface area contributed by atoms with Gasteiger partial charge in [0.25, 0.3) is 23.6 Å². The molecule has 2 saturated heterocycles. The van der Waals surface area contributed by atoms with E-state index in [1.807, 2.05) is 0 Å². The molecule has 0 saturated carbocycles. The molecule has 11 nitrogen and oxygen atoms in total. The van der Waals surface area contributed by atoms with Gasteiger partial charge in [0.05, 0.1) is 25.6 Å². The molecule has 0 bridgehead atoms. The van der Waals surface area contributed by atoms with E-state index < -0.39 is 41.7 Å². The molecule has 0 aromatic heterocycles. The number of nitrogens with zero attached hydrogens (tertiary/aromatic N) is 2. The summed E-state index contributed by atoms with van der Waals surface area (Å²) < 4.78 is 5.35. The summed E-state index contributed by atoms with van der Waals surface area (Å²) >= 11 is 0. The van der Waals surface area contributed by atoms with Crippen molar-refractivity contribution in [3.05, 3.63) is 0 Å². The fourth-order valence-electron chi connectivity index (χ4n) is 2.36. The van der Waals surface area contributed by atoms with Crippen LogP contribution in [-0.4, -0.2) is 58.4 Å². The Morgan fingerprint density at radius 1 is 0.815 bits per heavy atom. The van der Waals surface area contributed by atoms with Crippen molar-refractivity contribution in [2.45, 2.75) is 58.0 Å². The van der Waals surface area contributed by atoms with Gasteiger partial charge < -0.3 is 14.4 Å². The normalized spacial score (nSPS) is 18.3. The molecule has 0 radical (unpaired) electrons. The summed E-state index contributed by atoms with van der Waals surface area (Å²) in [6.45, 7) is 1.63. The zero-order chi connectivity index (χ0) is 20.0. The van der Waals surface area contributed by atoms with Gasteiger partial charge in [0.2, 0.25) is 0 Å². The van der Waals surface area contributed by atoms with Gasteiger partial charge in [-0.1, -0.05) is 0 Å². The van der Waals surface area contributed by atoms with E-state index in [0.29, 0.717) is 10.1 Å². The molecular formula is C16H20N2O9. The van der Waals surface area contributed by atoms with Crippen molar-refractivity contribution in [2.75, 3.05) is 6.61 Å². The Hall–Kier alpha value is -2.82. The maximum atomic E-state index is 11.7. The Balaban J connectivity index is 1.59. The highest BCUT2D eigenvalue weighted by atomic mass is 16.7. The van der Waals surface area contributed by atoms with Gasteiger partial charge in [-0.2, -0.15) is 0 Å². The molecule has 11 heteroatoms. The lowest BCUT2D eigenvalue weighted by Gasteiger charge is -2.15. The number of rotatable bonds is 9. The van der Waals surface area contributed by atoms with Crippen molar-refractivity contribution >= 4 is 35.6 Å². The maximum Gasteiger partial charge on any atom is 0.335 e. The summed E-state index contributed by atoms with van der Waals surface area (Å²) in [4.78, 5) is 78.0. The Bertz CT molecular complexity index is 628. The monoisotopic (exact) mass is 384 g/mol. The average Bonchev–Trinajstić information content (AvgIpc) is 3.10. The first-order valence-corrected chi connectivity index (χ1v) is 8.52. The molecule has 4 amide bonds. The smallest absolute Gasteiger partial charge is 0.335 e. The van der Waals surface area contributed by atoms with Gasteiger partial charge in [-0.05, 0) is 13.3 Å². The van der Waals surface area contributed by atoms with Crippen molar-refractivity contribution < 1.29 is 43.2 Å². The second-order valence-electron chi connectivity index (χ2n) is 6.06. The number of carbonyl (C=O) groups excluding carboxylic acids is 6. The molecule has 0 spiro atoms. The molecule has 0 aromatic rings. The average molecular weight is 384 g/mol. The summed E-state index contributed by atoms with van der Waals surface area (Å²) in [5.74, 6) is -3.74. The Labute approximate surface area is 154 Å². The zero-order valence-corrected chi connectivity index (χ0v) is 14.8. The number of hydroxylamine groups is 4. The minimum Gasteiger partial charge on any atom is -0.378 e. The third-order valence-corrected chi connectivity index (χ3v) is 3.86. The maximum absolute atomic E-state index is 11.7. The van der Waals surface area contributed by atoms with Gasteiger partial charge in [0, 0.05) is 25.7 Å². The highest BCUT2D eigenvalue weighted by Crippen LogP contribution is 2.14. The number of hydrogen-bond donors (Lipinski definition) is 0. The van der Waals surface area contributed by atoms with Crippen LogP contribution in [0.15, 0.2) is 0 Å². The second-order valence-corrected chi connectivity index (χ2v) is 6.06. The molecule has 1 atom stereocenters. The van der Waals surface area contributed by atoms with Crippen LogP contribution in [0.4, 0.5) is 0 Å². The van der Waals surface area contributed by atoms with Crippen LogP contribution < -0.4 is 0 Å². The van der Waals surface area contributed by atoms with Crippen molar-refractivity contribution in [1.29, 1.82) is 0 Å². The first-order valence-electron chi connectivity index (χ1n) is 8.52. The number of imide groups is 2. The van der Waals surface area contributed by atoms with Crippen LogP contribution in [0.3, 0.4) is 0 Å². The Morgan fingerprint density at radius 3 is 1.67 bits per heavy atom. The fourth-order valence-corrected chi connectivity index (χ4v) is 2.36. The van der Waals surface area contributed by atoms with E-state index in [2.05, 4.69) is 4.84 Å². The summed E-state index contributed by atoms with van der Waals surface area (Å²) in [6.07, 6.45) is -0.345. The highest BCUT2D eigenvalue weighted by Gasteiger charge is 2.33. The van der Waals surface area contributed by atoms with Gasteiger partial charge in [-0.25, -0.2) is 9.59 Å². The number of hydrogen-bond acceptors (Lipinski definition) is 9. The summed E-state index contributed by atoms with van der Waals surface area (Å²) in [7, 11) is 0. The quantitative estimate of drug-likeness (QED) is 0.494. The third kappa shape index (κ3) is 5.84. The highest BCUT2D eigenvalue weighted by molar-refractivity contribution is 6.02. The SMILES string of the molecule is CC(CCC(=O)ON1C(=O)CCC1=O)OCCC(=O)ON1C(=O)CCC1=O. The first-order chi connectivity index (χ1) is 12.8. The lowest BCUT2D eigenvalue weighted by atomic mass is 10.2. The van der Waals surface area contributed by atoms with E-state index >= 15 is 0 Å². The minimum atomic E-state index is -0.781. The van der Waals surface area contributed by atoms with E-state index in [4.69, 9.17) is 9.57 Å². The molecule has 2 aliphatic heterocycles. The molecule has 2 rings (SSSR count). The topological polar surface area (TPSA) is 137 Å². The Morgan fingerprint density at radius 2 is 1.22 bits per heavy atom. The molecule has 1 unspecified atom stereocenters. The molecule has 2 heterocycles. The number of carbonyl (C=O) groups is 6. The van der Waals surface area contributed by atoms with Gasteiger partial charge in [-0.3, -0.25) is 19.2 Å². The second kappa shape index (κ2) is 9.21.